The monoisotopic (exact) mass is 315 g/mol. The van der Waals surface area contributed by atoms with Crippen LogP contribution in [-0.2, 0) is 0 Å². The molecule has 14 heavy (non-hydrogen) atoms. The van der Waals surface area contributed by atoms with E-state index >= 15 is 0 Å². The summed E-state index contributed by atoms with van der Waals surface area (Å²) in [5.41, 5.74) is 2.02. The van der Waals surface area contributed by atoms with Gasteiger partial charge >= 0.3 is 12.2 Å². The molecule has 6 heteroatoms. The molecular weight excluding hydrogens is 316 g/mol. The van der Waals surface area contributed by atoms with Gasteiger partial charge in [0.1, 0.15) is 5.52 Å². The van der Waals surface area contributed by atoms with Gasteiger partial charge in [-0.05, 0) is 36.9 Å². The quantitative estimate of drug-likeness (QED) is 0.701. The maximum absolute atomic E-state index is 5.22. The average Bonchev–Trinajstić information content (AvgIpc) is 2.82. The molecule has 0 N–H and O–H groups in total. The topological polar surface area (TPSA) is 47.6 Å². The number of benzene rings is 1. The van der Waals surface area contributed by atoms with Crippen molar-refractivity contribution in [3.05, 3.63) is 15.3 Å². The molecule has 0 amide bonds. The molecule has 1 aliphatic rings. The van der Waals surface area contributed by atoms with Crippen molar-refractivity contribution in [1.29, 1.82) is 0 Å². The van der Waals surface area contributed by atoms with E-state index in [1.807, 2.05) is 0 Å². The minimum Gasteiger partial charge on any atom is -0.441 e. The van der Waals surface area contributed by atoms with Crippen LogP contribution >= 0.6 is 31.9 Å². The molecule has 3 rings (SSSR count). The van der Waals surface area contributed by atoms with Crippen LogP contribution in [0.25, 0.3) is 11.1 Å². The summed E-state index contributed by atoms with van der Waals surface area (Å²) in [7, 11) is 0. The van der Waals surface area contributed by atoms with Crippen molar-refractivity contribution < 1.29 is 9.15 Å². The van der Waals surface area contributed by atoms with E-state index in [0.29, 0.717) is 22.5 Å². The van der Waals surface area contributed by atoms with Crippen LogP contribution in [0.5, 0.6) is 5.75 Å². The molecule has 0 aliphatic carbocycles. The summed E-state index contributed by atoms with van der Waals surface area (Å²) in [6, 6.07) is 0. The highest BCUT2D eigenvalue weighted by molar-refractivity contribution is 9.11. The summed E-state index contributed by atoms with van der Waals surface area (Å²) in [4.78, 5) is 8.02. The first kappa shape index (κ1) is 8.35. The highest BCUT2D eigenvalue weighted by Crippen LogP contribution is 2.48. The van der Waals surface area contributed by atoms with Crippen LogP contribution < -0.4 is 4.74 Å². The largest absolute Gasteiger partial charge is 0.441 e. The van der Waals surface area contributed by atoms with E-state index in [1.54, 1.807) is 0 Å². The lowest BCUT2D eigenvalue weighted by Gasteiger charge is -1.93. The summed E-state index contributed by atoms with van der Waals surface area (Å²) >= 11 is 6.76. The molecule has 68 valence electrons. The predicted molar refractivity (Wildman–Crippen MR) is 57.1 cm³/mol. The maximum atomic E-state index is 5.22. The fourth-order valence-corrected chi connectivity index (χ4v) is 2.39. The van der Waals surface area contributed by atoms with Gasteiger partial charge in [0.15, 0.2) is 20.9 Å². The number of rotatable bonds is 0. The smallest absolute Gasteiger partial charge is 0.370 e. The zero-order valence-electron chi connectivity index (χ0n) is 6.54. The fraction of sp³-hybridized carbons (Fsp3) is 0. The van der Waals surface area contributed by atoms with E-state index in [9.17, 15) is 0 Å². The molecule has 2 aromatic rings. The molecule has 0 radical (unpaired) electrons. The van der Waals surface area contributed by atoms with E-state index in [2.05, 4.69) is 48.2 Å². The first-order chi connectivity index (χ1) is 6.79. The first-order valence-electron chi connectivity index (χ1n) is 3.66. The van der Waals surface area contributed by atoms with Gasteiger partial charge in [-0.25, -0.2) is 9.72 Å². The molecule has 0 spiro atoms. The minimum absolute atomic E-state index is 0.610. The van der Waals surface area contributed by atoms with Crippen LogP contribution in [0, 0.1) is 0 Å². The summed E-state index contributed by atoms with van der Waals surface area (Å²) in [6.45, 7) is 0. The number of aliphatic imine (C=N–C) groups is 1. The summed E-state index contributed by atoms with van der Waals surface area (Å²) in [5, 5.41) is 0. The van der Waals surface area contributed by atoms with E-state index < -0.39 is 0 Å². The van der Waals surface area contributed by atoms with E-state index in [0.717, 1.165) is 8.95 Å². The Bertz CT molecular complexity index is 562. The van der Waals surface area contributed by atoms with Crippen molar-refractivity contribution in [2.75, 3.05) is 0 Å². The Morgan fingerprint density at radius 3 is 3.00 bits per heavy atom. The van der Waals surface area contributed by atoms with Gasteiger partial charge in [-0.2, -0.15) is 0 Å². The molecule has 1 aliphatic heterocycles. The summed E-state index contributed by atoms with van der Waals surface area (Å²) < 4.78 is 11.8. The fourth-order valence-electron chi connectivity index (χ4n) is 1.28. The number of oxazole rings is 1. The number of hydrogen-bond acceptors (Lipinski definition) is 4. The normalized spacial score (nSPS) is 12.7. The minimum atomic E-state index is 0.610. The molecule has 1 aromatic heterocycles. The molecule has 0 saturated carbocycles. The Balaban J connectivity index is 2.55. The SMILES string of the molecule is Brc1c2c(c(Br)c3ocnc13)N=[C+]O2. The average molecular weight is 317 g/mol. The third kappa shape index (κ3) is 0.904. The van der Waals surface area contributed by atoms with Crippen LogP contribution in [-0.4, -0.2) is 11.4 Å². The van der Waals surface area contributed by atoms with Crippen LogP contribution in [0.2, 0.25) is 0 Å². The Labute approximate surface area is 95.2 Å². The Morgan fingerprint density at radius 1 is 1.29 bits per heavy atom. The van der Waals surface area contributed by atoms with Crippen molar-refractivity contribution in [3.63, 3.8) is 0 Å². The number of aromatic nitrogens is 1. The molecule has 0 bridgehead atoms. The van der Waals surface area contributed by atoms with Gasteiger partial charge in [-0.1, -0.05) is 0 Å². The van der Waals surface area contributed by atoms with E-state index in [1.165, 1.54) is 6.39 Å². The van der Waals surface area contributed by atoms with E-state index in [4.69, 9.17) is 9.15 Å². The molecule has 0 unspecified atom stereocenters. The van der Waals surface area contributed by atoms with Crippen molar-refractivity contribution in [2.24, 2.45) is 4.99 Å². The Kier molecular flexibility index (Phi) is 1.65. The molecule has 2 heterocycles. The predicted octanol–water partition coefficient (Wildman–Crippen LogP) is 3.28. The van der Waals surface area contributed by atoms with Gasteiger partial charge in [0.2, 0.25) is 0 Å². The number of halogens is 2. The Morgan fingerprint density at radius 2 is 2.14 bits per heavy atom. The van der Waals surface area contributed by atoms with Crippen LogP contribution in [0.15, 0.2) is 24.7 Å². The molecule has 0 fully saturated rings. The van der Waals surface area contributed by atoms with Gasteiger partial charge in [0.05, 0.1) is 0 Å². The first-order valence-corrected chi connectivity index (χ1v) is 5.24. The van der Waals surface area contributed by atoms with Crippen LogP contribution in [0.1, 0.15) is 0 Å². The lowest BCUT2D eigenvalue weighted by molar-refractivity contribution is 0.587. The standard InChI is InChI=1S/C8HBr2N2O2/c9-3-5-7(13-1-11-5)4(10)6-8(3)14-2-12-6/h1H/q+1. The van der Waals surface area contributed by atoms with Crippen LogP contribution in [0.3, 0.4) is 0 Å². The second-order valence-corrected chi connectivity index (χ2v) is 4.23. The number of ether oxygens (including phenoxy) is 1. The number of fused-ring (bicyclic) bond motifs is 2. The zero-order chi connectivity index (χ0) is 9.71. The highest BCUT2D eigenvalue weighted by Gasteiger charge is 2.34. The lowest BCUT2D eigenvalue weighted by Crippen LogP contribution is -1.84. The second kappa shape index (κ2) is 2.76. The third-order valence-corrected chi connectivity index (χ3v) is 3.37. The molecule has 1 aromatic carbocycles. The van der Waals surface area contributed by atoms with Gasteiger partial charge in [-0.15, -0.1) is 0 Å². The van der Waals surface area contributed by atoms with Crippen LogP contribution in [0.4, 0.5) is 5.69 Å². The second-order valence-electron chi connectivity index (χ2n) is 2.64. The van der Waals surface area contributed by atoms with Gasteiger partial charge < -0.3 is 4.42 Å². The molecule has 0 saturated heterocycles. The van der Waals surface area contributed by atoms with Gasteiger partial charge in [-0.3, -0.25) is 0 Å². The number of nitrogens with zero attached hydrogens (tertiary/aromatic N) is 2. The van der Waals surface area contributed by atoms with Gasteiger partial charge in [0, 0.05) is 0 Å². The zero-order valence-corrected chi connectivity index (χ0v) is 9.72. The molecule has 0 atom stereocenters. The summed E-state index contributed by atoms with van der Waals surface area (Å²) in [5.74, 6) is 0.610. The van der Waals surface area contributed by atoms with E-state index in [-0.39, 0.29) is 0 Å². The lowest BCUT2D eigenvalue weighted by atomic mass is 10.2. The van der Waals surface area contributed by atoms with Gasteiger partial charge in [0.25, 0.3) is 5.69 Å². The maximum Gasteiger partial charge on any atom is 0.370 e. The molecule has 4 nitrogen and oxygen atoms in total. The molecular formula is C8HBr2N2O2+. The van der Waals surface area contributed by atoms with Crippen molar-refractivity contribution >= 4 is 55.0 Å². The van der Waals surface area contributed by atoms with Crippen molar-refractivity contribution in [2.45, 2.75) is 0 Å². The summed E-state index contributed by atoms with van der Waals surface area (Å²) in [6.07, 6.45) is 3.81. The van der Waals surface area contributed by atoms with Crippen molar-refractivity contribution in [1.82, 2.24) is 4.98 Å². The van der Waals surface area contributed by atoms with Crippen molar-refractivity contribution in [3.8, 4) is 5.75 Å². The number of hydrogen-bond donors (Lipinski definition) is 0. The Hall–Kier alpha value is -0.970. The highest BCUT2D eigenvalue weighted by atomic mass is 79.9. The third-order valence-electron chi connectivity index (χ3n) is 1.90.